The van der Waals surface area contributed by atoms with Gasteiger partial charge >= 0.3 is 0 Å². The van der Waals surface area contributed by atoms with E-state index < -0.39 is 0 Å². The number of nitrogens with zero attached hydrogens (tertiary/aromatic N) is 1. The molecule has 0 aliphatic carbocycles. The van der Waals surface area contributed by atoms with E-state index in [0.29, 0.717) is 5.56 Å². The summed E-state index contributed by atoms with van der Waals surface area (Å²) >= 11 is 5.15. The molecule has 0 fully saturated rings. The Morgan fingerprint density at radius 1 is 1.41 bits per heavy atom. The van der Waals surface area contributed by atoms with Gasteiger partial charge in [-0.1, -0.05) is 6.07 Å². The summed E-state index contributed by atoms with van der Waals surface area (Å²) in [6, 6.07) is 9.94. The Bertz CT molecular complexity index is 510. The molecule has 0 aliphatic heterocycles. The van der Waals surface area contributed by atoms with Crippen LogP contribution in [0.4, 0.5) is 5.69 Å². The lowest BCUT2D eigenvalue weighted by Gasteiger charge is -2.19. The number of carbonyl (C=O) groups is 1. The zero-order valence-electron chi connectivity index (χ0n) is 9.39. The summed E-state index contributed by atoms with van der Waals surface area (Å²) in [6.07, 6.45) is 0.854. The van der Waals surface area contributed by atoms with Crippen LogP contribution in [-0.4, -0.2) is 13.3 Å². The van der Waals surface area contributed by atoms with Gasteiger partial charge in [-0.25, -0.2) is 0 Å². The molecule has 17 heavy (non-hydrogen) atoms. The highest BCUT2D eigenvalue weighted by molar-refractivity contribution is 9.10. The van der Waals surface area contributed by atoms with Crippen LogP contribution in [0.15, 0.2) is 40.2 Å². The van der Waals surface area contributed by atoms with Gasteiger partial charge in [0.05, 0.1) is 6.54 Å². The summed E-state index contributed by atoms with van der Waals surface area (Å²) < 4.78 is 0.836. The lowest BCUT2D eigenvalue weighted by atomic mass is 10.2. The molecule has 1 aromatic carbocycles. The highest BCUT2D eigenvalue weighted by Crippen LogP contribution is 2.24. The minimum atomic E-state index is 0.679. The summed E-state index contributed by atoms with van der Waals surface area (Å²) in [5.41, 5.74) is 1.77. The van der Waals surface area contributed by atoms with Crippen molar-refractivity contribution in [1.82, 2.24) is 0 Å². The number of halogens is 1. The summed E-state index contributed by atoms with van der Waals surface area (Å²) in [6.45, 7) is 0.880. The summed E-state index contributed by atoms with van der Waals surface area (Å²) in [5.74, 6) is 0. The molecule has 0 saturated carbocycles. The largest absolute Gasteiger partial charge is 0.369 e. The Kier molecular flexibility index (Phi) is 3.97. The molecule has 0 bridgehead atoms. The number of hydrogen-bond acceptors (Lipinski definition) is 3. The SMILES string of the molecule is CN(Cc1cccs1)c1ccc(C=O)c(Br)c1. The number of aldehydes is 1. The molecular weight excluding hydrogens is 298 g/mol. The average Bonchev–Trinajstić information content (AvgIpc) is 2.81. The van der Waals surface area contributed by atoms with E-state index in [9.17, 15) is 4.79 Å². The van der Waals surface area contributed by atoms with Gasteiger partial charge in [0.2, 0.25) is 0 Å². The number of anilines is 1. The molecule has 0 atom stereocenters. The quantitative estimate of drug-likeness (QED) is 0.797. The van der Waals surface area contributed by atoms with Crippen molar-refractivity contribution in [2.24, 2.45) is 0 Å². The highest BCUT2D eigenvalue weighted by atomic mass is 79.9. The molecule has 0 amide bonds. The van der Waals surface area contributed by atoms with E-state index >= 15 is 0 Å². The van der Waals surface area contributed by atoms with E-state index in [2.05, 4.69) is 38.3 Å². The van der Waals surface area contributed by atoms with Crippen LogP contribution in [-0.2, 0) is 6.54 Å². The standard InChI is InChI=1S/C13H12BrNOS/c1-15(8-12-3-2-6-17-12)11-5-4-10(9-16)13(14)7-11/h2-7,9H,8H2,1H3. The first-order valence-electron chi connectivity index (χ1n) is 5.19. The third-order valence-corrected chi connectivity index (χ3v) is 4.07. The van der Waals surface area contributed by atoms with Crippen molar-refractivity contribution in [3.05, 3.63) is 50.6 Å². The van der Waals surface area contributed by atoms with Gasteiger partial charge < -0.3 is 4.90 Å². The molecule has 1 aromatic heterocycles. The predicted molar refractivity (Wildman–Crippen MR) is 76.0 cm³/mol. The number of rotatable bonds is 4. The first-order chi connectivity index (χ1) is 8.20. The van der Waals surface area contributed by atoms with Crippen LogP contribution in [0, 0.1) is 0 Å². The minimum Gasteiger partial charge on any atom is -0.369 e. The molecule has 0 N–H and O–H groups in total. The van der Waals surface area contributed by atoms with Crippen molar-refractivity contribution < 1.29 is 4.79 Å². The van der Waals surface area contributed by atoms with Crippen molar-refractivity contribution in [2.75, 3.05) is 11.9 Å². The van der Waals surface area contributed by atoms with Gasteiger partial charge in [0, 0.05) is 27.6 Å². The van der Waals surface area contributed by atoms with E-state index in [1.54, 1.807) is 11.3 Å². The monoisotopic (exact) mass is 309 g/mol. The fourth-order valence-corrected chi connectivity index (χ4v) is 2.79. The molecule has 0 saturated heterocycles. The Hall–Kier alpha value is -1.13. The van der Waals surface area contributed by atoms with Crippen molar-refractivity contribution in [2.45, 2.75) is 6.54 Å². The average molecular weight is 310 g/mol. The van der Waals surface area contributed by atoms with Gasteiger partial charge in [-0.2, -0.15) is 0 Å². The Morgan fingerprint density at radius 3 is 2.82 bits per heavy atom. The Morgan fingerprint density at radius 2 is 2.24 bits per heavy atom. The third-order valence-electron chi connectivity index (χ3n) is 2.52. The van der Waals surface area contributed by atoms with Gasteiger partial charge in [0.25, 0.3) is 0 Å². The second-order valence-corrected chi connectivity index (χ2v) is 5.65. The van der Waals surface area contributed by atoms with Crippen molar-refractivity contribution in [3.8, 4) is 0 Å². The van der Waals surface area contributed by atoms with E-state index in [1.165, 1.54) is 4.88 Å². The third kappa shape index (κ3) is 2.96. The van der Waals surface area contributed by atoms with Crippen LogP contribution in [0.25, 0.3) is 0 Å². The number of carbonyl (C=O) groups excluding carboxylic acids is 1. The molecule has 0 aliphatic rings. The predicted octanol–water partition coefficient (Wildman–Crippen LogP) is 3.96. The number of thiophene rings is 1. The van der Waals surface area contributed by atoms with E-state index in [-0.39, 0.29) is 0 Å². The molecule has 1 heterocycles. The van der Waals surface area contributed by atoms with Crippen molar-refractivity contribution >= 4 is 39.2 Å². The first-order valence-corrected chi connectivity index (χ1v) is 6.86. The molecular formula is C13H12BrNOS. The smallest absolute Gasteiger partial charge is 0.151 e. The summed E-state index contributed by atoms with van der Waals surface area (Å²) in [5, 5.41) is 2.08. The molecule has 2 rings (SSSR count). The molecule has 88 valence electrons. The zero-order chi connectivity index (χ0) is 12.3. The van der Waals surface area contributed by atoms with Crippen LogP contribution in [0.2, 0.25) is 0 Å². The highest BCUT2D eigenvalue weighted by Gasteiger charge is 2.05. The van der Waals surface area contributed by atoms with Gasteiger partial charge in [0.1, 0.15) is 0 Å². The van der Waals surface area contributed by atoms with Crippen LogP contribution in [0.1, 0.15) is 15.2 Å². The second-order valence-electron chi connectivity index (χ2n) is 3.76. The zero-order valence-corrected chi connectivity index (χ0v) is 11.8. The number of benzene rings is 1. The topological polar surface area (TPSA) is 20.3 Å². The second kappa shape index (κ2) is 5.47. The van der Waals surface area contributed by atoms with Gasteiger partial charge in [-0.3, -0.25) is 4.79 Å². The summed E-state index contributed by atoms with van der Waals surface area (Å²) in [7, 11) is 2.04. The van der Waals surface area contributed by atoms with Gasteiger partial charge in [-0.15, -0.1) is 11.3 Å². The lowest BCUT2D eigenvalue weighted by molar-refractivity contribution is 0.112. The Balaban J connectivity index is 2.16. The van der Waals surface area contributed by atoms with Crippen LogP contribution in [0.3, 0.4) is 0 Å². The molecule has 4 heteroatoms. The van der Waals surface area contributed by atoms with Crippen LogP contribution in [0.5, 0.6) is 0 Å². The lowest BCUT2D eigenvalue weighted by Crippen LogP contribution is -2.15. The van der Waals surface area contributed by atoms with E-state index in [0.717, 1.165) is 23.0 Å². The summed E-state index contributed by atoms with van der Waals surface area (Å²) in [4.78, 5) is 14.2. The van der Waals surface area contributed by atoms with Crippen molar-refractivity contribution in [3.63, 3.8) is 0 Å². The fourth-order valence-electron chi connectivity index (χ4n) is 1.58. The minimum absolute atomic E-state index is 0.679. The van der Waals surface area contributed by atoms with E-state index in [4.69, 9.17) is 0 Å². The Labute approximate surface area is 113 Å². The molecule has 0 unspecified atom stereocenters. The van der Waals surface area contributed by atoms with E-state index in [1.807, 2.05) is 25.2 Å². The van der Waals surface area contributed by atoms with Gasteiger partial charge in [-0.05, 0) is 45.6 Å². The molecule has 0 radical (unpaired) electrons. The molecule has 2 nitrogen and oxygen atoms in total. The maximum atomic E-state index is 10.7. The van der Waals surface area contributed by atoms with Crippen LogP contribution < -0.4 is 4.90 Å². The first kappa shape index (κ1) is 12.3. The number of hydrogen-bond donors (Lipinski definition) is 0. The van der Waals surface area contributed by atoms with Crippen molar-refractivity contribution in [1.29, 1.82) is 0 Å². The van der Waals surface area contributed by atoms with Crippen LogP contribution >= 0.6 is 27.3 Å². The fraction of sp³-hybridized carbons (Fsp3) is 0.154. The normalized spacial score (nSPS) is 10.2. The maximum absolute atomic E-state index is 10.7. The molecule has 0 spiro atoms. The van der Waals surface area contributed by atoms with Gasteiger partial charge in [0.15, 0.2) is 6.29 Å². The molecule has 2 aromatic rings. The maximum Gasteiger partial charge on any atom is 0.151 e.